The monoisotopic (exact) mass is 647 g/mol. The summed E-state index contributed by atoms with van der Waals surface area (Å²) in [5.41, 5.74) is 1.67. The average Bonchev–Trinajstić information content (AvgIpc) is 3.61. The lowest BCUT2D eigenvalue weighted by Crippen LogP contribution is -2.29. The second-order valence-electron chi connectivity index (χ2n) is 10.9. The van der Waals surface area contributed by atoms with Gasteiger partial charge in [0.2, 0.25) is 5.13 Å². The van der Waals surface area contributed by atoms with Gasteiger partial charge in [0.25, 0.3) is 5.78 Å². The molecule has 1 saturated heterocycles. The Morgan fingerprint density at radius 3 is 2.62 bits per heavy atom. The SMILES string of the molecule is CC(C)CCOc1cccc(C2/C(=C(/O)c3ccc4c(c3)OCCO4)C(=O)C(=O)N2c2nnc(SCc3ccc(F)cc3)s2)c1. The summed E-state index contributed by atoms with van der Waals surface area (Å²) >= 11 is 2.54. The molecular formula is C33H30FN3O6S2. The van der Waals surface area contributed by atoms with Crippen LogP contribution in [0.15, 0.2) is 76.6 Å². The molecular weight excluding hydrogens is 618 g/mol. The van der Waals surface area contributed by atoms with Gasteiger partial charge in [0.15, 0.2) is 15.8 Å². The number of rotatable bonds is 10. The van der Waals surface area contributed by atoms with Crippen LogP contribution < -0.4 is 19.1 Å². The first-order valence-corrected chi connectivity index (χ1v) is 16.2. The molecule has 0 saturated carbocycles. The smallest absolute Gasteiger partial charge is 0.301 e. The Labute approximate surface area is 267 Å². The summed E-state index contributed by atoms with van der Waals surface area (Å²) < 4.78 is 31.2. The highest BCUT2D eigenvalue weighted by Gasteiger charge is 2.48. The van der Waals surface area contributed by atoms with Crippen LogP contribution in [0, 0.1) is 11.7 Å². The molecule has 2 aliphatic rings. The van der Waals surface area contributed by atoms with E-state index in [1.807, 2.05) is 6.07 Å². The van der Waals surface area contributed by atoms with E-state index >= 15 is 0 Å². The summed E-state index contributed by atoms with van der Waals surface area (Å²) in [6, 6.07) is 17.2. The third kappa shape index (κ3) is 6.66. The number of ether oxygens (including phenoxy) is 3. The van der Waals surface area contributed by atoms with Crippen molar-refractivity contribution < 1.29 is 33.3 Å². The molecule has 3 heterocycles. The molecule has 1 fully saturated rings. The van der Waals surface area contributed by atoms with Crippen LogP contribution >= 0.6 is 23.1 Å². The number of aliphatic hydroxyl groups excluding tert-OH is 1. The average molecular weight is 648 g/mol. The third-order valence-corrected chi connectivity index (χ3v) is 9.40. The summed E-state index contributed by atoms with van der Waals surface area (Å²) in [6.07, 6.45) is 0.857. The highest BCUT2D eigenvalue weighted by molar-refractivity contribution is 8.00. The van der Waals surface area contributed by atoms with Gasteiger partial charge in [0.05, 0.1) is 18.2 Å². The number of ketones is 1. The van der Waals surface area contributed by atoms with Crippen molar-refractivity contribution in [2.75, 3.05) is 24.7 Å². The number of benzene rings is 3. The standard InChI is InChI=1S/C33H30FN3O6S2/c1-19(2)12-13-41-24-5-3-4-21(16-24)28-27(29(38)22-8-11-25-26(17-22)43-15-14-42-25)30(39)31(40)37(28)32-35-36-33(45-32)44-18-20-6-9-23(34)10-7-20/h3-11,16-17,19,28,38H,12-15,18H2,1-2H3/b29-27-. The zero-order chi connectivity index (χ0) is 31.5. The lowest BCUT2D eigenvalue weighted by atomic mass is 9.95. The van der Waals surface area contributed by atoms with Gasteiger partial charge in [-0.2, -0.15) is 0 Å². The number of hydrogen-bond donors (Lipinski definition) is 1. The Hall–Kier alpha value is -4.42. The van der Waals surface area contributed by atoms with Crippen molar-refractivity contribution >= 4 is 45.7 Å². The van der Waals surface area contributed by atoms with Crippen LogP contribution in [0.1, 0.15) is 43.0 Å². The van der Waals surface area contributed by atoms with Gasteiger partial charge in [0, 0.05) is 11.3 Å². The minimum Gasteiger partial charge on any atom is -0.507 e. The summed E-state index contributed by atoms with van der Waals surface area (Å²) in [4.78, 5) is 28.6. The fourth-order valence-electron chi connectivity index (χ4n) is 4.96. The normalized spacial score (nSPS) is 17.2. The van der Waals surface area contributed by atoms with Gasteiger partial charge in [0.1, 0.15) is 30.5 Å². The van der Waals surface area contributed by atoms with Crippen LogP contribution in [-0.2, 0) is 15.3 Å². The minimum absolute atomic E-state index is 0.0910. The van der Waals surface area contributed by atoms with Gasteiger partial charge < -0.3 is 19.3 Å². The van der Waals surface area contributed by atoms with Crippen molar-refractivity contribution in [3.05, 3.63) is 94.8 Å². The topological polar surface area (TPSA) is 111 Å². The van der Waals surface area contributed by atoms with Crippen LogP contribution in [0.2, 0.25) is 0 Å². The van der Waals surface area contributed by atoms with Crippen molar-refractivity contribution in [3.63, 3.8) is 0 Å². The summed E-state index contributed by atoms with van der Waals surface area (Å²) in [7, 11) is 0. The van der Waals surface area contributed by atoms with E-state index in [1.165, 1.54) is 28.8 Å². The Kier molecular flexibility index (Phi) is 9.04. The molecule has 4 aromatic rings. The Morgan fingerprint density at radius 2 is 1.84 bits per heavy atom. The molecule has 3 aromatic carbocycles. The van der Waals surface area contributed by atoms with Crippen LogP contribution in [0.3, 0.4) is 0 Å². The van der Waals surface area contributed by atoms with E-state index in [9.17, 15) is 19.1 Å². The van der Waals surface area contributed by atoms with Crippen molar-refractivity contribution in [1.82, 2.24) is 10.2 Å². The Balaban J connectivity index is 1.37. The van der Waals surface area contributed by atoms with Crippen LogP contribution in [0.4, 0.5) is 9.52 Å². The molecule has 0 spiro atoms. The molecule has 1 amide bonds. The number of nitrogens with zero attached hydrogens (tertiary/aromatic N) is 3. The minimum atomic E-state index is -1.00. The zero-order valence-electron chi connectivity index (χ0n) is 24.6. The second-order valence-corrected chi connectivity index (χ2v) is 13.1. The number of aliphatic hydroxyl groups is 1. The number of carbonyl (C=O) groups excluding carboxylic acids is 2. The highest BCUT2D eigenvalue weighted by atomic mass is 32.2. The lowest BCUT2D eigenvalue weighted by Gasteiger charge is -2.23. The van der Waals surface area contributed by atoms with Crippen molar-refractivity contribution in [3.8, 4) is 17.2 Å². The van der Waals surface area contributed by atoms with E-state index in [0.717, 1.165) is 23.3 Å². The molecule has 0 aliphatic carbocycles. The molecule has 232 valence electrons. The van der Waals surface area contributed by atoms with Crippen molar-refractivity contribution in [2.45, 2.75) is 36.4 Å². The largest absolute Gasteiger partial charge is 0.507 e. The van der Waals surface area contributed by atoms with Gasteiger partial charge in [-0.15, -0.1) is 10.2 Å². The molecule has 9 nitrogen and oxygen atoms in total. The van der Waals surface area contributed by atoms with Gasteiger partial charge in [-0.25, -0.2) is 4.39 Å². The van der Waals surface area contributed by atoms with Crippen molar-refractivity contribution in [2.24, 2.45) is 5.92 Å². The first-order chi connectivity index (χ1) is 21.8. The first-order valence-electron chi connectivity index (χ1n) is 14.4. The fourth-order valence-corrected chi connectivity index (χ4v) is 6.79. The van der Waals surface area contributed by atoms with E-state index in [1.54, 1.807) is 48.5 Å². The van der Waals surface area contributed by atoms with E-state index < -0.39 is 17.7 Å². The molecule has 6 rings (SSSR count). The van der Waals surface area contributed by atoms with Gasteiger partial charge in [-0.05, 0) is 65.9 Å². The Bertz CT molecular complexity index is 1760. The molecule has 1 atom stereocenters. The zero-order valence-corrected chi connectivity index (χ0v) is 26.2. The molecule has 1 unspecified atom stereocenters. The molecule has 1 aromatic heterocycles. The van der Waals surface area contributed by atoms with E-state index in [2.05, 4.69) is 24.0 Å². The predicted molar refractivity (Wildman–Crippen MR) is 169 cm³/mol. The maximum atomic E-state index is 13.7. The van der Waals surface area contributed by atoms with Gasteiger partial charge >= 0.3 is 5.91 Å². The predicted octanol–water partition coefficient (Wildman–Crippen LogP) is 6.79. The number of thioether (sulfide) groups is 1. The van der Waals surface area contributed by atoms with Crippen LogP contribution in [0.5, 0.6) is 17.2 Å². The quantitative estimate of drug-likeness (QED) is 0.0654. The number of anilines is 1. The molecule has 0 radical (unpaired) electrons. The second kappa shape index (κ2) is 13.3. The molecule has 2 aliphatic heterocycles. The number of Topliss-reactive ketones (excluding diaryl/α,β-unsaturated/α-hetero) is 1. The molecule has 0 bridgehead atoms. The van der Waals surface area contributed by atoms with Crippen LogP contribution in [0.25, 0.3) is 5.76 Å². The third-order valence-electron chi connectivity index (χ3n) is 7.28. The van der Waals surface area contributed by atoms with E-state index in [4.69, 9.17) is 14.2 Å². The maximum Gasteiger partial charge on any atom is 0.301 e. The highest BCUT2D eigenvalue weighted by Crippen LogP contribution is 2.45. The van der Waals surface area contributed by atoms with Crippen LogP contribution in [-0.4, -0.2) is 46.8 Å². The molecule has 12 heteroatoms. The Morgan fingerprint density at radius 1 is 1.07 bits per heavy atom. The van der Waals surface area contributed by atoms with E-state index in [-0.39, 0.29) is 22.3 Å². The maximum absolute atomic E-state index is 13.7. The summed E-state index contributed by atoms with van der Waals surface area (Å²) in [5, 5.41) is 20.3. The number of halogens is 1. The lowest BCUT2D eigenvalue weighted by molar-refractivity contribution is -0.132. The molecule has 1 N–H and O–H groups in total. The summed E-state index contributed by atoms with van der Waals surface area (Å²) in [5.74, 6) is 0.152. The number of hydrogen-bond acceptors (Lipinski definition) is 10. The summed E-state index contributed by atoms with van der Waals surface area (Å²) in [6.45, 7) is 5.48. The number of amides is 1. The number of fused-ring (bicyclic) bond motifs is 1. The number of aromatic nitrogens is 2. The van der Waals surface area contributed by atoms with Gasteiger partial charge in [-0.1, -0.05) is 61.2 Å². The van der Waals surface area contributed by atoms with Gasteiger partial charge in [-0.3, -0.25) is 14.5 Å². The molecule has 45 heavy (non-hydrogen) atoms. The fraction of sp³-hybridized carbons (Fsp3) is 0.273. The van der Waals surface area contributed by atoms with Crippen molar-refractivity contribution in [1.29, 1.82) is 0 Å². The first kappa shape index (κ1) is 30.6. The number of carbonyl (C=O) groups is 2. The van der Waals surface area contributed by atoms with E-state index in [0.29, 0.717) is 64.2 Å².